The van der Waals surface area contributed by atoms with E-state index >= 15 is 0 Å². The average molecular weight is 289 g/mol. The summed E-state index contributed by atoms with van der Waals surface area (Å²) in [5.41, 5.74) is 1.66. The first-order valence-corrected chi connectivity index (χ1v) is 8.52. The largest absolute Gasteiger partial charge is 0.496 e. The second kappa shape index (κ2) is 7.84. The van der Waals surface area contributed by atoms with Gasteiger partial charge < -0.3 is 10.1 Å². The van der Waals surface area contributed by atoms with E-state index in [0.717, 1.165) is 18.8 Å². The maximum Gasteiger partial charge on any atom is 0.122 e. The summed E-state index contributed by atoms with van der Waals surface area (Å²) in [6, 6.07) is 8.63. The molecule has 2 heteroatoms. The van der Waals surface area contributed by atoms with Crippen LogP contribution >= 0.6 is 0 Å². The Morgan fingerprint density at radius 1 is 1.10 bits per heavy atom. The molecule has 1 aromatic rings. The van der Waals surface area contributed by atoms with Crippen molar-refractivity contribution in [1.29, 1.82) is 0 Å². The quantitative estimate of drug-likeness (QED) is 0.777. The molecule has 1 N–H and O–H groups in total. The molecule has 0 spiro atoms. The number of nitrogens with one attached hydrogen (secondary N) is 1. The van der Waals surface area contributed by atoms with Crippen LogP contribution in [0, 0.1) is 5.92 Å². The third kappa shape index (κ3) is 4.23. The molecular formula is C19H31NO. The molecule has 1 aromatic carbocycles. The number of hydrogen-bond donors (Lipinski definition) is 1. The highest BCUT2D eigenvalue weighted by Crippen LogP contribution is 2.41. The summed E-state index contributed by atoms with van der Waals surface area (Å²) in [7, 11) is 1.80. The van der Waals surface area contributed by atoms with Gasteiger partial charge in [-0.3, -0.25) is 0 Å². The zero-order chi connectivity index (χ0) is 15.1. The van der Waals surface area contributed by atoms with Crippen LogP contribution in [0.1, 0.15) is 57.9 Å². The first-order chi connectivity index (χ1) is 10.2. The first-order valence-electron chi connectivity index (χ1n) is 8.52. The molecule has 0 aromatic heterocycles. The van der Waals surface area contributed by atoms with E-state index in [-0.39, 0.29) is 5.41 Å². The summed E-state index contributed by atoms with van der Waals surface area (Å²) >= 11 is 0. The fraction of sp³-hybridized carbons (Fsp3) is 0.684. The molecule has 0 heterocycles. The third-order valence-corrected chi connectivity index (χ3v) is 4.75. The summed E-state index contributed by atoms with van der Waals surface area (Å²) < 4.78 is 5.66. The van der Waals surface area contributed by atoms with Crippen LogP contribution in [-0.2, 0) is 5.41 Å². The van der Waals surface area contributed by atoms with Crippen LogP contribution in [0.2, 0.25) is 0 Å². The molecule has 0 amide bonds. The lowest BCUT2D eigenvalue weighted by molar-refractivity contribution is 0.320. The number of rotatable bonds is 6. The molecule has 2 nitrogen and oxygen atoms in total. The van der Waals surface area contributed by atoms with Gasteiger partial charge in [-0.1, -0.05) is 57.7 Å². The predicted molar refractivity (Wildman–Crippen MR) is 90.1 cm³/mol. The number of methoxy groups -OCH3 is 1. The van der Waals surface area contributed by atoms with Crippen LogP contribution in [0.25, 0.3) is 0 Å². The average Bonchev–Trinajstić information content (AvgIpc) is 2.73. The van der Waals surface area contributed by atoms with Crippen molar-refractivity contribution in [3.05, 3.63) is 29.8 Å². The fourth-order valence-electron chi connectivity index (χ4n) is 3.63. The second-order valence-corrected chi connectivity index (χ2v) is 6.92. The summed E-state index contributed by atoms with van der Waals surface area (Å²) in [5.74, 6) is 1.76. The SMILES string of the molecule is COc1ccccc1C1(CNCC(C)C)CCCCCC1. The zero-order valence-electron chi connectivity index (χ0n) is 14.0. The molecule has 1 fully saturated rings. The second-order valence-electron chi connectivity index (χ2n) is 6.92. The Balaban J connectivity index is 2.25. The molecule has 2 rings (SSSR count). The van der Waals surface area contributed by atoms with E-state index in [4.69, 9.17) is 4.74 Å². The summed E-state index contributed by atoms with van der Waals surface area (Å²) in [6.07, 6.45) is 7.97. The monoisotopic (exact) mass is 289 g/mol. The molecule has 0 aliphatic heterocycles. The van der Waals surface area contributed by atoms with Gasteiger partial charge in [-0.05, 0) is 31.4 Å². The Labute approximate surface area is 130 Å². The smallest absolute Gasteiger partial charge is 0.122 e. The molecule has 0 atom stereocenters. The maximum absolute atomic E-state index is 5.66. The van der Waals surface area contributed by atoms with Crippen LogP contribution in [0.15, 0.2) is 24.3 Å². The fourth-order valence-corrected chi connectivity index (χ4v) is 3.63. The van der Waals surface area contributed by atoms with Gasteiger partial charge in [0.25, 0.3) is 0 Å². The van der Waals surface area contributed by atoms with Gasteiger partial charge in [0.05, 0.1) is 7.11 Å². The lowest BCUT2D eigenvalue weighted by Crippen LogP contribution is -2.39. The Morgan fingerprint density at radius 3 is 2.38 bits per heavy atom. The van der Waals surface area contributed by atoms with Crippen molar-refractivity contribution in [2.45, 2.75) is 57.8 Å². The zero-order valence-corrected chi connectivity index (χ0v) is 14.0. The van der Waals surface area contributed by atoms with Gasteiger partial charge in [-0.2, -0.15) is 0 Å². The topological polar surface area (TPSA) is 21.3 Å². The van der Waals surface area contributed by atoms with Gasteiger partial charge >= 0.3 is 0 Å². The molecule has 0 radical (unpaired) electrons. The Kier molecular flexibility index (Phi) is 6.10. The van der Waals surface area contributed by atoms with Crippen LogP contribution in [-0.4, -0.2) is 20.2 Å². The molecular weight excluding hydrogens is 258 g/mol. The molecule has 0 bridgehead atoms. The standard InChI is InChI=1S/C19H31NO/c1-16(2)14-20-15-19(12-8-4-5-9-13-19)17-10-6-7-11-18(17)21-3/h6-7,10-11,16,20H,4-5,8-9,12-15H2,1-3H3. The Hall–Kier alpha value is -1.02. The van der Waals surface area contributed by atoms with Crippen LogP contribution < -0.4 is 10.1 Å². The van der Waals surface area contributed by atoms with Gasteiger partial charge in [0.1, 0.15) is 5.75 Å². The summed E-state index contributed by atoms with van der Waals surface area (Å²) in [4.78, 5) is 0. The predicted octanol–water partition coefficient (Wildman–Crippen LogP) is 4.53. The minimum absolute atomic E-state index is 0.248. The van der Waals surface area contributed by atoms with E-state index in [1.807, 2.05) is 0 Å². The van der Waals surface area contributed by atoms with Gasteiger partial charge in [0.2, 0.25) is 0 Å². The molecule has 1 aliphatic carbocycles. The molecule has 1 aliphatic rings. The van der Waals surface area contributed by atoms with Crippen molar-refractivity contribution >= 4 is 0 Å². The number of para-hydroxylation sites is 1. The van der Waals surface area contributed by atoms with Gasteiger partial charge in [0.15, 0.2) is 0 Å². The summed E-state index contributed by atoms with van der Waals surface area (Å²) in [5, 5.41) is 3.72. The van der Waals surface area contributed by atoms with E-state index in [0.29, 0.717) is 5.92 Å². The van der Waals surface area contributed by atoms with E-state index in [2.05, 4.69) is 43.4 Å². The lowest BCUT2D eigenvalue weighted by atomic mass is 9.73. The molecule has 1 saturated carbocycles. The molecule has 0 unspecified atom stereocenters. The Morgan fingerprint density at radius 2 is 1.76 bits per heavy atom. The van der Waals surface area contributed by atoms with E-state index in [1.54, 1.807) is 7.11 Å². The van der Waals surface area contributed by atoms with E-state index < -0.39 is 0 Å². The number of benzene rings is 1. The normalized spacial score (nSPS) is 18.5. The van der Waals surface area contributed by atoms with Crippen LogP contribution in [0.3, 0.4) is 0 Å². The lowest BCUT2D eigenvalue weighted by Gasteiger charge is -2.35. The first kappa shape index (κ1) is 16.4. The van der Waals surface area contributed by atoms with Crippen molar-refractivity contribution < 1.29 is 4.74 Å². The van der Waals surface area contributed by atoms with Gasteiger partial charge in [0, 0.05) is 17.5 Å². The highest BCUT2D eigenvalue weighted by molar-refractivity contribution is 5.40. The third-order valence-electron chi connectivity index (χ3n) is 4.75. The van der Waals surface area contributed by atoms with E-state index in [1.165, 1.54) is 44.1 Å². The van der Waals surface area contributed by atoms with Crippen molar-refractivity contribution in [1.82, 2.24) is 5.32 Å². The maximum atomic E-state index is 5.66. The number of ether oxygens (including phenoxy) is 1. The highest BCUT2D eigenvalue weighted by atomic mass is 16.5. The molecule has 0 saturated heterocycles. The minimum Gasteiger partial charge on any atom is -0.496 e. The van der Waals surface area contributed by atoms with Crippen molar-refractivity contribution in [3.63, 3.8) is 0 Å². The molecule has 118 valence electrons. The summed E-state index contributed by atoms with van der Waals surface area (Å²) in [6.45, 7) is 6.72. The van der Waals surface area contributed by atoms with Crippen molar-refractivity contribution in [2.24, 2.45) is 5.92 Å². The minimum atomic E-state index is 0.248. The van der Waals surface area contributed by atoms with Crippen molar-refractivity contribution in [2.75, 3.05) is 20.2 Å². The van der Waals surface area contributed by atoms with Gasteiger partial charge in [-0.15, -0.1) is 0 Å². The Bertz CT molecular complexity index is 419. The van der Waals surface area contributed by atoms with Gasteiger partial charge in [-0.25, -0.2) is 0 Å². The van der Waals surface area contributed by atoms with Crippen molar-refractivity contribution in [3.8, 4) is 5.75 Å². The molecule has 21 heavy (non-hydrogen) atoms. The van der Waals surface area contributed by atoms with E-state index in [9.17, 15) is 0 Å². The highest BCUT2D eigenvalue weighted by Gasteiger charge is 2.34. The van der Waals surface area contributed by atoms with Crippen LogP contribution in [0.4, 0.5) is 0 Å². The van der Waals surface area contributed by atoms with Crippen LogP contribution in [0.5, 0.6) is 5.75 Å². The number of hydrogen-bond acceptors (Lipinski definition) is 2.